The summed E-state index contributed by atoms with van der Waals surface area (Å²) in [5.74, 6) is 0. The van der Waals surface area contributed by atoms with Crippen LogP contribution in [0.2, 0.25) is 6.04 Å². The van der Waals surface area contributed by atoms with Gasteiger partial charge in [-0.1, -0.05) is 40.0 Å². The Bertz CT molecular complexity index is 480. The second-order valence-electron chi connectivity index (χ2n) is 6.77. The SMILES string of the molecule is CCCCO[Si](CCCc1cn(S)[nH]n(C)s1)(OCCCC)OCCCC. The van der Waals surface area contributed by atoms with Gasteiger partial charge >= 0.3 is 8.80 Å². The zero-order valence-corrected chi connectivity index (χ0v) is 20.2. The van der Waals surface area contributed by atoms with Gasteiger partial charge in [0.05, 0.1) is 0 Å². The Balaban J connectivity index is 2.73. The van der Waals surface area contributed by atoms with E-state index in [1.807, 2.05) is 17.3 Å². The molecule has 1 aromatic heterocycles. The second kappa shape index (κ2) is 14.8. The monoisotopic (exact) mass is 437 g/mol. The molecule has 0 atom stereocenters. The molecule has 9 heteroatoms. The van der Waals surface area contributed by atoms with Crippen LogP contribution in [0.1, 0.15) is 70.6 Å². The summed E-state index contributed by atoms with van der Waals surface area (Å²) < 4.78 is 22.6. The van der Waals surface area contributed by atoms with Crippen LogP contribution in [0.5, 0.6) is 0 Å². The first-order valence-corrected chi connectivity index (χ1v) is 13.4. The van der Waals surface area contributed by atoms with E-state index in [1.54, 1.807) is 15.6 Å². The zero-order valence-electron chi connectivity index (χ0n) is 17.5. The van der Waals surface area contributed by atoms with Crippen molar-refractivity contribution in [1.29, 1.82) is 0 Å². The number of aromatic nitrogens is 3. The first-order chi connectivity index (χ1) is 13.0. The third kappa shape index (κ3) is 10.8. The Morgan fingerprint density at radius 2 is 1.48 bits per heavy atom. The largest absolute Gasteiger partial charge is 0.500 e. The van der Waals surface area contributed by atoms with Gasteiger partial charge in [0.25, 0.3) is 0 Å². The lowest BCUT2D eigenvalue weighted by Gasteiger charge is -2.30. The molecule has 0 aliphatic rings. The van der Waals surface area contributed by atoms with E-state index in [-0.39, 0.29) is 0 Å². The lowest BCUT2D eigenvalue weighted by atomic mass is 10.3. The molecule has 0 amide bonds. The van der Waals surface area contributed by atoms with Gasteiger partial charge in [-0.2, -0.15) is 0 Å². The van der Waals surface area contributed by atoms with Crippen LogP contribution >= 0.6 is 24.3 Å². The molecule has 0 radical (unpaired) electrons. The van der Waals surface area contributed by atoms with Crippen molar-refractivity contribution in [2.75, 3.05) is 19.8 Å². The van der Waals surface area contributed by atoms with Crippen molar-refractivity contribution in [2.45, 2.75) is 78.2 Å². The number of unbranched alkanes of at least 4 members (excludes halogenated alkanes) is 3. The van der Waals surface area contributed by atoms with E-state index in [2.05, 4.69) is 38.8 Å². The highest BCUT2D eigenvalue weighted by molar-refractivity contribution is 7.78. The molecule has 0 aromatic carbocycles. The van der Waals surface area contributed by atoms with E-state index in [9.17, 15) is 0 Å². The zero-order chi connectivity index (χ0) is 20.0. The number of hydrogen-bond acceptors (Lipinski definition) is 5. The lowest BCUT2D eigenvalue weighted by Crippen LogP contribution is -2.46. The molecule has 0 spiro atoms. The minimum Gasteiger partial charge on any atom is -0.373 e. The molecule has 6 nitrogen and oxygen atoms in total. The number of aryl methyl sites for hydroxylation is 2. The highest BCUT2D eigenvalue weighted by atomic mass is 32.1. The van der Waals surface area contributed by atoms with Gasteiger partial charge in [-0.05, 0) is 56.5 Å². The minimum atomic E-state index is -2.62. The van der Waals surface area contributed by atoms with Crippen LogP contribution in [-0.4, -0.2) is 42.0 Å². The highest BCUT2D eigenvalue weighted by Crippen LogP contribution is 2.22. The molecular formula is C18H39N3O3S2Si. The van der Waals surface area contributed by atoms with E-state index >= 15 is 0 Å². The summed E-state index contributed by atoms with van der Waals surface area (Å²) in [4.78, 5) is 1.27. The summed E-state index contributed by atoms with van der Waals surface area (Å²) in [5.41, 5.74) is 0. The van der Waals surface area contributed by atoms with Gasteiger partial charge in [0.1, 0.15) is 0 Å². The molecule has 1 N–H and O–H groups in total. The van der Waals surface area contributed by atoms with Crippen LogP contribution in [0, 0.1) is 0 Å². The number of rotatable bonds is 16. The minimum absolute atomic E-state index is 0.732. The molecule has 0 bridgehead atoms. The van der Waals surface area contributed by atoms with Crippen molar-refractivity contribution in [3.05, 3.63) is 11.1 Å². The molecule has 27 heavy (non-hydrogen) atoms. The Morgan fingerprint density at radius 1 is 0.963 bits per heavy atom. The predicted molar refractivity (Wildman–Crippen MR) is 119 cm³/mol. The van der Waals surface area contributed by atoms with Crippen molar-refractivity contribution >= 4 is 33.2 Å². The normalized spacial score (nSPS) is 11.9. The quantitative estimate of drug-likeness (QED) is 0.208. The summed E-state index contributed by atoms with van der Waals surface area (Å²) >= 11 is 6.05. The molecule has 0 saturated carbocycles. The van der Waals surface area contributed by atoms with Gasteiger partial charge in [0, 0.05) is 44.0 Å². The Hall–Kier alpha value is -0.193. The molecule has 0 aliphatic carbocycles. The maximum absolute atomic E-state index is 6.31. The van der Waals surface area contributed by atoms with E-state index in [4.69, 9.17) is 13.3 Å². The van der Waals surface area contributed by atoms with Gasteiger partial charge in [0.2, 0.25) is 0 Å². The number of hydrogen-bond donors (Lipinski definition) is 2. The molecular weight excluding hydrogens is 398 g/mol. The number of aromatic amines is 1. The van der Waals surface area contributed by atoms with Crippen LogP contribution in [0.15, 0.2) is 6.20 Å². The Kier molecular flexibility index (Phi) is 13.6. The summed E-state index contributed by atoms with van der Waals surface area (Å²) in [6.45, 7) is 8.75. The summed E-state index contributed by atoms with van der Waals surface area (Å²) in [6.07, 6.45) is 10.5. The summed E-state index contributed by atoms with van der Waals surface area (Å²) in [5, 5.41) is 3.07. The number of nitrogens with one attached hydrogen (secondary N) is 1. The van der Waals surface area contributed by atoms with Crippen molar-refractivity contribution in [2.24, 2.45) is 7.05 Å². The van der Waals surface area contributed by atoms with Crippen LogP contribution in [-0.2, 0) is 26.7 Å². The molecule has 0 saturated heterocycles. The second-order valence-corrected chi connectivity index (χ2v) is 11.2. The molecule has 160 valence electrons. The molecule has 0 fully saturated rings. The lowest BCUT2D eigenvalue weighted by molar-refractivity contribution is 0.0559. The number of H-pyrrole nitrogens is 1. The Morgan fingerprint density at radius 3 is 1.93 bits per heavy atom. The standard InChI is InChI=1S/C18H39N3O3S2Si/c1-5-8-13-22-27(23-14-9-6-2,24-15-10-7-3)16-11-12-18-17-21(25)19-20(4)26-18/h17,19,25H,5-16H2,1-4H3. The van der Waals surface area contributed by atoms with Gasteiger partial charge in [-0.15, -0.1) is 0 Å². The van der Waals surface area contributed by atoms with Crippen LogP contribution in [0.3, 0.4) is 0 Å². The molecule has 1 aromatic rings. The van der Waals surface area contributed by atoms with E-state index < -0.39 is 8.80 Å². The highest BCUT2D eigenvalue weighted by Gasteiger charge is 2.40. The predicted octanol–water partition coefficient (Wildman–Crippen LogP) is 5.36. The van der Waals surface area contributed by atoms with E-state index in [1.165, 1.54) is 4.88 Å². The number of nitrogens with zero attached hydrogens (tertiary/aromatic N) is 2. The van der Waals surface area contributed by atoms with Gasteiger partial charge in [0.15, 0.2) is 0 Å². The first-order valence-electron chi connectivity index (χ1n) is 10.3. The van der Waals surface area contributed by atoms with Gasteiger partial charge in [-0.25, -0.2) is 13.4 Å². The van der Waals surface area contributed by atoms with Crippen LogP contribution in [0.4, 0.5) is 0 Å². The third-order valence-electron chi connectivity index (χ3n) is 4.13. The third-order valence-corrected chi connectivity index (χ3v) is 8.13. The van der Waals surface area contributed by atoms with Crippen molar-refractivity contribution in [1.82, 2.24) is 13.4 Å². The van der Waals surface area contributed by atoms with Gasteiger partial charge < -0.3 is 13.3 Å². The van der Waals surface area contributed by atoms with Crippen molar-refractivity contribution < 1.29 is 13.3 Å². The summed E-state index contributed by atoms with van der Waals surface area (Å²) in [7, 11) is -0.643. The molecule has 1 heterocycles. The maximum atomic E-state index is 6.31. The smallest absolute Gasteiger partial charge is 0.373 e. The maximum Gasteiger partial charge on any atom is 0.500 e. The van der Waals surface area contributed by atoms with E-state index in [0.29, 0.717) is 0 Å². The molecule has 1 rings (SSSR count). The van der Waals surface area contributed by atoms with Crippen molar-refractivity contribution in [3.63, 3.8) is 0 Å². The Labute approximate surface area is 175 Å². The van der Waals surface area contributed by atoms with E-state index in [0.717, 1.165) is 77.2 Å². The fraction of sp³-hybridized carbons (Fsp3) is 0.889. The molecule has 0 aliphatic heterocycles. The van der Waals surface area contributed by atoms with Crippen LogP contribution < -0.4 is 0 Å². The van der Waals surface area contributed by atoms with Gasteiger partial charge in [-0.3, -0.25) is 0 Å². The number of thiol groups is 1. The fourth-order valence-corrected chi connectivity index (χ4v) is 6.52. The average molecular weight is 438 g/mol. The van der Waals surface area contributed by atoms with Crippen molar-refractivity contribution in [3.8, 4) is 0 Å². The fourth-order valence-electron chi connectivity index (χ4n) is 2.58. The van der Waals surface area contributed by atoms with Crippen LogP contribution in [0.25, 0.3) is 0 Å². The average Bonchev–Trinajstić information content (AvgIpc) is 2.61. The molecule has 0 unspecified atom stereocenters. The topological polar surface area (TPSA) is 53.3 Å². The first kappa shape index (κ1) is 24.8. The summed E-state index contributed by atoms with van der Waals surface area (Å²) in [6, 6.07) is 0.867.